The van der Waals surface area contributed by atoms with E-state index < -0.39 is 17.7 Å². The Labute approximate surface area is 116 Å². The lowest BCUT2D eigenvalue weighted by atomic mass is 9.96. The maximum Gasteiger partial charge on any atom is 0.220 e. The maximum atomic E-state index is 13.9. The van der Waals surface area contributed by atoms with E-state index in [2.05, 4.69) is 0 Å². The average molecular weight is 272 g/mol. The summed E-state index contributed by atoms with van der Waals surface area (Å²) >= 11 is 0. The van der Waals surface area contributed by atoms with Gasteiger partial charge in [-0.25, -0.2) is 4.39 Å². The van der Waals surface area contributed by atoms with Gasteiger partial charge in [-0.2, -0.15) is 10.5 Å². The first-order valence-corrected chi connectivity index (χ1v) is 6.20. The topological polar surface area (TPSA) is 81.7 Å². The summed E-state index contributed by atoms with van der Waals surface area (Å²) in [6.07, 6.45) is -1.05. The summed E-state index contributed by atoms with van der Waals surface area (Å²) in [6.45, 7) is 1.85. The third kappa shape index (κ3) is 3.49. The van der Waals surface area contributed by atoms with Crippen molar-refractivity contribution >= 4 is 11.6 Å². The lowest BCUT2D eigenvalue weighted by Gasteiger charge is -2.08. The molecule has 0 heterocycles. The first kappa shape index (κ1) is 15.5. The molecule has 102 valence electrons. The number of carbonyl (C=O) groups is 2. The molecule has 0 N–H and O–H groups in total. The van der Waals surface area contributed by atoms with Crippen LogP contribution in [0.5, 0.6) is 0 Å². The van der Waals surface area contributed by atoms with E-state index in [1.165, 1.54) is 12.1 Å². The molecule has 1 atom stereocenters. The monoisotopic (exact) mass is 272 g/mol. The first-order valence-electron chi connectivity index (χ1n) is 6.20. The largest absolute Gasteiger partial charge is 0.296 e. The zero-order valence-electron chi connectivity index (χ0n) is 11.0. The number of hydrogen-bond acceptors (Lipinski definition) is 4. The van der Waals surface area contributed by atoms with Crippen LogP contribution in [0.25, 0.3) is 0 Å². The molecule has 0 bridgehead atoms. The van der Waals surface area contributed by atoms with Gasteiger partial charge in [0.15, 0.2) is 5.78 Å². The standard InChI is InChI=1S/C15H13FN2O2/c1-2-3-4-13(19)14(16)15(20)12-7-10(8-17)5-6-11(12)9-18/h5-7,14H,2-4H2,1H3. The highest BCUT2D eigenvalue weighted by Crippen LogP contribution is 2.16. The second-order valence-electron chi connectivity index (χ2n) is 4.28. The van der Waals surface area contributed by atoms with E-state index in [0.29, 0.717) is 6.42 Å². The molecule has 0 fully saturated rings. The Hall–Kier alpha value is -2.53. The summed E-state index contributed by atoms with van der Waals surface area (Å²) in [6, 6.07) is 7.34. The predicted molar refractivity (Wildman–Crippen MR) is 69.6 cm³/mol. The Morgan fingerprint density at radius 1 is 1.30 bits per heavy atom. The van der Waals surface area contributed by atoms with Gasteiger partial charge in [0.2, 0.25) is 12.0 Å². The average Bonchev–Trinajstić information content (AvgIpc) is 2.50. The molecule has 20 heavy (non-hydrogen) atoms. The van der Waals surface area contributed by atoms with Gasteiger partial charge in [0, 0.05) is 12.0 Å². The Morgan fingerprint density at radius 3 is 2.55 bits per heavy atom. The van der Waals surface area contributed by atoms with Gasteiger partial charge in [-0.15, -0.1) is 0 Å². The fourth-order valence-corrected chi connectivity index (χ4v) is 1.68. The SMILES string of the molecule is CCCCC(=O)C(F)C(=O)c1cc(C#N)ccc1C#N. The summed E-state index contributed by atoms with van der Waals surface area (Å²) < 4.78 is 13.9. The van der Waals surface area contributed by atoms with Gasteiger partial charge in [0.25, 0.3) is 0 Å². The van der Waals surface area contributed by atoms with Crippen molar-refractivity contribution in [3.63, 3.8) is 0 Å². The second-order valence-corrected chi connectivity index (χ2v) is 4.28. The Bertz CT molecular complexity index is 611. The fraction of sp³-hybridized carbons (Fsp3) is 0.333. The normalized spacial score (nSPS) is 11.2. The number of alkyl halides is 1. The van der Waals surface area contributed by atoms with Crippen LogP contribution < -0.4 is 0 Å². The number of halogens is 1. The van der Waals surface area contributed by atoms with Gasteiger partial charge in [0.05, 0.1) is 23.3 Å². The molecule has 0 radical (unpaired) electrons. The molecule has 0 aromatic heterocycles. The van der Waals surface area contributed by atoms with Crippen molar-refractivity contribution in [2.45, 2.75) is 32.4 Å². The Balaban J connectivity index is 3.05. The molecule has 1 aromatic rings. The van der Waals surface area contributed by atoms with E-state index in [1.54, 1.807) is 12.1 Å². The third-order valence-electron chi connectivity index (χ3n) is 2.82. The number of Topliss-reactive ketones (excluding diaryl/α,β-unsaturated/α-hetero) is 2. The zero-order chi connectivity index (χ0) is 15.1. The molecule has 4 nitrogen and oxygen atoms in total. The van der Waals surface area contributed by atoms with Gasteiger partial charge in [-0.3, -0.25) is 9.59 Å². The van der Waals surface area contributed by atoms with Crippen LogP contribution in [-0.2, 0) is 4.79 Å². The van der Waals surface area contributed by atoms with Gasteiger partial charge in [0.1, 0.15) is 0 Å². The smallest absolute Gasteiger partial charge is 0.220 e. The summed E-state index contributed by atoms with van der Waals surface area (Å²) in [4.78, 5) is 23.5. The van der Waals surface area contributed by atoms with Crippen LogP contribution in [0.4, 0.5) is 4.39 Å². The lowest BCUT2D eigenvalue weighted by molar-refractivity contribution is -0.122. The first-order chi connectivity index (χ1) is 9.54. The Morgan fingerprint density at radius 2 is 2.00 bits per heavy atom. The molecule has 0 aliphatic heterocycles. The van der Waals surface area contributed by atoms with Crippen molar-refractivity contribution in [1.29, 1.82) is 10.5 Å². The summed E-state index contributed by atoms with van der Waals surface area (Å²) in [5.74, 6) is -1.84. The van der Waals surface area contributed by atoms with Crippen LogP contribution in [0.1, 0.15) is 47.7 Å². The predicted octanol–water partition coefficient (Wildman–Crippen LogP) is 2.71. The van der Waals surface area contributed by atoms with Crippen molar-refractivity contribution < 1.29 is 14.0 Å². The van der Waals surface area contributed by atoms with Gasteiger partial charge in [-0.1, -0.05) is 13.3 Å². The van der Waals surface area contributed by atoms with Crippen LogP contribution in [0, 0.1) is 22.7 Å². The van der Waals surface area contributed by atoms with E-state index in [1.807, 2.05) is 6.92 Å². The lowest BCUT2D eigenvalue weighted by Crippen LogP contribution is -2.26. The third-order valence-corrected chi connectivity index (χ3v) is 2.82. The number of nitriles is 2. The van der Waals surface area contributed by atoms with Crippen LogP contribution in [0.2, 0.25) is 0 Å². The van der Waals surface area contributed by atoms with Crippen LogP contribution in [0.3, 0.4) is 0 Å². The van der Waals surface area contributed by atoms with Crippen molar-refractivity contribution in [2.75, 3.05) is 0 Å². The highest BCUT2D eigenvalue weighted by Gasteiger charge is 2.28. The number of ketones is 2. The molecular formula is C15H13FN2O2. The molecule has 0 aliphatic rings. The van der Waals surface area contributed by atoms with Crippen molar-refractivity contribution in [1.82, 2.24) is 0 Å². The minimum atomic E-state index is -2.28. The molecule has 0 saturated heterocycles. The molecule has 0 aliphatic carbocycles. The quantitative estimate of drug-likeness (QED) is 0.589. The van der Waals surface area contributed by atoms with Gasteiger partial charge in [-0.05, 0) is 24.6 Å². The van der Waals surface area contributed by atoms with Crippen molar-refractivity contribution in [3.05, 3.63) is 34.9 Å². The van der Waals surface area contributed by atoms with E-state index in [-0.39, 0.29) is 23.1 Å². The molecule has 5 heteroatoms. The van der Waals surface area contributed by atoms with Crippen LogP contribution in [-0.4, -0.2) is 17.7 Å². The fourth-order valence-electron chi connectivity index (χ4n) is 1.68. The molecular weight excluding hydrogens is 259 g/mol. The summed E-state index contributed by atoms with van der Waals surface area (Å²) in [7, 11) is 0. The zero-order valence-corrected chi connectivity index (χ0v) is 11.0. The van der Waals surface area contributed by atoms with Crippen molar-refractivity contribution in [2.24, 2.45) is 0 Å². The number of carbonyl (C=O) groups excluding carboxylic acids is 2. The summed E-state index contributed by atoms with van der Waals surface area (Å²) in [5.41, 5.74) is -0.121. The van der Waals surface area contributed by atoms with Crippen LogP contribution in [0.15, 0.2) is 18.2 Å². The minimum absolute atomic E-state index is 0.0107. The summed E-state index contributed by atoms with van der Waals surface area (Å²) in [5, 5.41) is 17.7. The molecule has 0 amide bonds. The van der Waals surface area contributed by atoms with E-state index in [0.717, 1.165) is 12.5 Å². The van der Waals surface area contributed by atoms with E-state index in [9.17, 15) is 14.0 Å². The Kier molecular flexibility index (Phi) is 5.56. The number of nitrogens with zero attached hydrogens (tertiary/aromatic N) is 2. The number of benzene rings is 1. The molecule has 1 rings (SSSR count). The van der Waals surface area contributed by atoms with E-state index >= 15 is 0 Å². The van der Waals surface area contributed by atoms with Crippen LogP contribution >= 0.6 is 0 Å². The number of hydrogen-bond donors (Lipinski definition) is 0. The second kappa shape index (κ2) is 7.16. The molecule has 1 unspecified atom stereocenters. The van der Waals surface area contributed by atoms with Gasteiger partial charge >= 0.3 is 0 Å². The molecule has 0 spiro atoms. The van der Waals surface area contributed by atoms with E-state index in [4.69, 9.17) is 10.5 Å². The highest BCUT2D eigenvalue weighted by atomic mass is 19.1. The van der Waals surface area contributed by atoms with Gasteiger partial charge < -0.3 is 0 Å². The minimum Gasteiger partial charge on any atom is -0.296 e. The molecule has 0 saturated carbocycles. The maximum absolute atomic E-state index is 13.9. The number of rotatable bonds is 6. The highest BCUT2D eigenvalue weighted by molar-refractivity contribution is 6.14. The molecule has 1 aromatic carbocycles. The number of unbranched alkanes of at least 4 members (excludes halogenated alkanes) is 1. The van der Waals surface area contributed by atoms with Crippen molar-refractivity contribution in [3.8, 4) is 12.1 Å².